The number of carbonyl (C=O) groups excluding carboxylic acids is 2. The second-order valence-electron chi connectivity index (χ2n) is 10.0. The average molecular weight is 566 g/mol. The second-order valence-corrected chi connectivity index (χ2v) is 10.0. The Balaban J connectivity index is 1.58. The number of hydrogen-bond acceptors (Lipinski definition) is 8. The number of unbranched alkanes of at least 4 members (excludes halogenated alkanes) is 2. The van der Waals surface area contributed by atoms with Gasteiger partial charge in [0.1, 0.15) is 23.7 Å². The number of benzene rings is 2. The highest BCUT2D eigenvalue weighted by Crippen LogP contribution is 2.37. The second kappa shape index (κ2) is 15.3. The molecule has 1 aliphatic heterocycles. The molecule has 1 fully saturated rings. The molecule has 2 aromatic carbocycles. The van der Waals surface area contributed by atoms with Crippen LogP contribution < -0.4 is 20.7 Å². The van der Waals surface area contributed by atoms with Crippen LogP contribution in [0.5, 0.6) is 5.75 Å². The number of Topliss-reactive ketones (excluding diaryl/α,β-unsaturated/α-hetero) is 1. The summed E-state index contributed by atoms with van der Waals surface area (Å²) in [5.74, 6) is 2.75. The number of nitrogens with one attached hydrogen (secondary N) is 3. The van der Waals surface area contributed by atoms with Gasteiger partial charge in [0.15, 0.2) is 0 Å². The predicted octanol–water partition coefficient (Wildman–Crippen LogP) is 5.23. The first-order valence-electron chi connectivity index (χ1n) is 14.1. The molecule has 0 bridgehead atoms. The molecule has 9 nitrogen and oxygen atoms in total. The number of anilines is 3. The zero-order valence-corrected chi connectivity index (χ0v) is 23.7. The number of terminal acetylenes is 1. The van der Waals surface area contributed by atoms with Crippen LogP contribution >= 0.6 is 0 Å². The fourth-order valence-electron chi connectivity index (χ4n) is 4.63. The lowest BCUT2D eigenvalue weighted by Crippen LogP contribution is -2.18. The molecule has 3 N–H and O–H groups in total. The van der Waals surface area contributed by atoms with Gasteiger partial charge in [-0.1, -0.05) is 24.5 Å². The van der Waals surface area contributed by atoms with E-state index < -0.39 is 5.91 Å². The molecule has 216 valence electrons. The van der Waals surface area contributed by atoms with Gasteiger partial charge in [0.2, 0.25) is 5.91 Å². The smallest absolute Gasteiger partial charge is 0.248 e. The number of fused-ring (bicyclic) bond motifs is 1. The molecule has 1 aromatic heterocycles. The summed E-state index contributed by atoms with van der Waals surface area (Å²) in [7, 11) is 1.91. The summed E-state index contributed by atoms with van der Waals surface area (Å²) in [4.78, 5) is 29.6. The molecule has 1 aliphatic rings. The van der Waals surface area contributed by atoms with E-state index in [-0.39, 0.29) is 18.3 Å². The first kappa shape index (κ1) is 30.3. The van der Waals surface area contributed by atoms with Crippen molar-refractivity contribution in [1.82, 2.24) is 10.3 Å². The van der Waals surface area contributed by atoms with Crippen LogP contribution in [0.4, 0.5) is 17.1 Å². The number of pyridine rings is 1. The van der Waals surface area contributed by atoms with Crippen molar-refractivity contribution in [2.75, 3.05) is 37.4 Å². The Morgan fingerprint density at radius 1 is 1.24 bits per heavy atom. The summed E-state index contributed by atoms with van der Waals surface area (Å²) in [6.07, 6.45) is 14.1. The number of ether oxygens (including phenoxy) is 2. The van der Waals surface area contributed by atoms with Crippen LogP contribution in [-0.2, 0) is 14.3 Å². The van der Waals surface area contributed by atoms with E-state index in [9.17, 15) is 14.9 Å². The van der Waals surface area contributed by atoms with E-state index >= 15 is 0 Å². The largest absolute Gasteiger partial charge is 0.486 e. The Hall–Kier alpha value is -4.70. The minimum absolute atomic E-state index is 0.0965. The number of nitriles is 1. The van der Waals surface area contributed by atoms with Gasteiger partial charge >= 0.3 is 0 Å². The number of allylic oxidation sites excluding steroid dienone is 1. The zero-order chi connectivity index (χ0) is 29.7. The molecule has 0 aliphatic carbocycles. The predicted molar refractivity (Wildman–Crippen MR) is 164 cm³/mol. The molecule has 1 unspecified atom stereocenters. The number of rotatable bonds is 14. The third kappa shape index (κ3) is 8.40. The fourth-order valence-corrected chi connectivity index (χ4v) is 4.63. The monoisotopic (exact) mass is 565 g/mol. The summed E-state index contributed by atoms with van der Waals surface area (Å²) < 4.78 is 11.7. The van der Waals surface area contributed by atoms with Gasteiger partial charge in [0, 0.05) is 48.2 Å². The average Bonchev–Trinajstić information content (AvgIpc) is 3.51. The summed E-state index contributed by atoms with van der Waals surface area (Å²) >= 11 is 0. The molecule has 0 radical (unpaired) electrons. The SMILES string of the molecule is C#Cc1cccc(Nc2c(C#N)cnc3cc(OC4CCOC4)c(NC(=O)/C=C/CC(=O)CCCCCNC)cc23)c1. The number of carbonyl (C=O) groups is 2. The minimum atomic E-state index is -0.399. The van der Waals surface area contributed by atoms with E-state index in [1.165, 1.54) is 12.3 Å². The van der Waals surface area contributed by atoms with Crippen molar-refractivity contribution in [1.29, 1.82) is 5.26 Å². The summed E-state index contributed by atoms with van der Waals surface area (Å²) in [6, 6.07) is 13.0. The number of aromatic nitrogens is 1. The van der Waals surface area contributed by atoms with Crippen LogP contribution in [0, 0.1) is 23.7 Å². The lowest BCUT2D eigenvalue weighted by Gasteiger charge is -2.18. The van der Waals surface area contributed by atoms with E-state index in [0.29, 0.717) is 64.5 Å². The van der Waals surface area contributed by atoms with Crippen molar-refractivity contribution in [3.63, 3.8) is 0 Å². The molecule has 2 heterocycles. The summed E-state index contributed by atoms with van der Waals surface area (Å²) in [5.41, 5.74) is 3.24. The van der Waals surface area contributed by atoms with E-state index in [4.69, 9.17) is 15.9 Å². The normalized spacial score (nSPS) is 14.4. The van der Waals surface area contributed by atoms with Gasteiger partial charge in [-0.2, -0.15) is 5.26 Å². The van der Waals surface area contributed by atoms with Crippen LogP contribution in [0.15, 0.2) is 54.7 Å². The highest BCUT2D eigenvalue weighted by Gasteiger charge is 2.21. The van der Waals surface area contributed by atoms with Crippen LogP contribution in [0.25, 0.3) is 10.9 Å². The van der Waals surface area contributed by atoms with E-state index in [2.05, 4.69) is 32.9 Å². The number of amides is 1. The lowest BCUT2D eigenvalue weighted by atomic mass is 10.1. The number of ketones is 1. The molecule has 1 saturated heterocycles. The maximum Gasteiger partial charge on any atom is 0.248 e. The summed E-state index contributed by atoms with van der Waals surface area (Å²) in [6.45, 7) is 1.98. The Bertz CT molecular complexity index is 1530. The molecule has 9 heteroatoms. The molecule has 1 amide bonds. The maximum atomic E-state index is 12.9. The standard InChI is InChI=1S/C33H35N5O4/c1-3-23-9-7-10-25(17-23)37-33-24(20-34)21-36-29-19-31(42-27-14-16-41-22-27)30(18-28(29)33)38-32(40)13-8-12-26(39)11-5-4-6-15-35-2/h1,7-10,13,17-19,21,27,35H,4-6,11-12,14-16,22H2,2H3,(H,36,37)(H,38,40)/b13-8+. The Kier molecular flexibility index (Phi) is 11.1. The van der Waals surface area contributed by atoms with E-state index in [1.54, 1.807) is 18.2 Å². The quantitative estimate of drug-likeness (QED) is 0.138. The molecular weight excluding hydrogens is 530 g/mol. The topological polar surface area (TPSA) is 125 Å². The van der Waals surface area contributed by atoms with Crippen LogP contribution in [0.3, 0.4) is 0 Å². The molecule has 4 rings (SSSR count). The van der Waals surface area contributed by atoms with Crippen LogP contribution in [-0.4, -0.2) is 49.6 Å². The molecule has 0 spiro atoms. The number of hydrogen-bond donors (Lipinski definition) is 3. The Morgan fingerprint density at radius 2 is 2.12 bits per heavy atom. The van der Waals surface area contributed by atoms with Crippen molar-refractivity contribution in [2.24, 2.45) is 0 Å². The highest BCUT2D eigenvalue weighted by atomic mass is 16.5. The van der Waals surface area contributed by atoms with Crippen molar-refractivity contribution in [2.45, 2.75) is 44.6 Å². The fraction of sp³-hybridized carbons (Fsp3) is 0.333. The van der Waals surface area contributed by atoms with E-state index in [1.807, 2.05) is 31.3 Å². The van der Waals surface area contributed by atoms with Gasteiger partial charge in [-0.25, -0.2) is 0 Å². The third-order valence-electron chi connectivity index (χ3n) is 6.82. The number of nitrogens with zero attached hydrogens (tertiary/aromatic N) is 2. The first-order valence-corrected chi connectivity index (χ1v) is 14.1. The minimum Gasteiger partial charge on any atom is -0.486 e. The van der Waals surface area contributed by atoms with Crippen molar-refractivity contribution in [3.05, 3.63) is 65.9 Å². The van der Waals surface area contributed by atoms with Gasteiger partial charge < -0.3 is 25.4 Å². The highest BCUT2D eigenvalue weighted by molar-refractivity contribution is 6.05. The van der Waals surface area contributed by atoms with Gasteiger partial charge in [-0.15, -0.1) is 6.42 Å². The Labute approximate surface area is 246 Å². The molecule has 42 heavy (non-hydrogen) atoms. The van der Waals surface area contributed by atoms with Gasteiger partial charge in [-0.05, 0) is 56.8 Å². The third-order valence-corrected chi connectivity index (χ3v) is 6.82. The molecule has 1 atom stereocenters. The Morgan fingerprint density at radius 3 is 2.88 bits per heavy atom. The van der Waals surface area contributed by atoms with Gasteiger partial charge in [0.05, 0.1) is 35.7 Å². The summed E-state index contributed by atoms with van der Waals surface area (Å²) in [5, 5.41) is 19.7. The molecular formula is C33H35N5O4. The van der Waals surface area contributed by atoms with Gasteiger partial charge in [-0.3, -0.25) is 14.6 Å². The zero-order valence-electron chi connectivity index (χ0n) is 23.7. The van der Waals surface area contributed by atoms with Crippen molar-refractivity contribution in [3.8, 4) is 24.2 Å². The first-order chi connectivity index (χ1) is 20.5. The van der Waals surface area contributed by atoms with Gasteiger partial charge in [0.25, 0.3) is 0 Å². The molecule has 0 saturated carbocycles. The van der Waals surface area contributed by atoms with Crippen molar-refractivity contribution < 1.29 is 19.1 Å². The molecule has 3 aromatic rings. The van der Waals surface area contributed by atoms with Crippen LogP contribution in [0.2, 0.25) is 0 Å². The van der Waals surface area contributed by atoms with Crippen molar-refractivity contribution >= 4 is 39.7 Å². The lowest BCUT2D eigenvalue weighted by molar-refractivity contribution is -0.118. The maximum absolute atomic E-state index is 12.9. The van der Waals surface area contributed by atoms with Crippen LogP contribution in [0.1, 0.15) is 49.7 Å². The van der Waals surface area contributed by atoms with E-state index in [0.717, 1.165) is 32.2 Å².